The van der Waals surface area contributed by atoms with Crippen molar-refractivity contribution >= 4 is 0 Å². The van der Waals surface area contributed by atoms with Crippen LogP contribution in [-0.4, -0.2) is 26.4 Å². The maximum atomic E-state index is 14.2. The van der Waals surface area contributed by atoms with Gasteiger partial charge in [-0.1, -0.05) is 25.5 Å². The molecule has 0 aromatic heterocycles. The summed E-state index contributed by atoms with van der Waals surface area (Å²) in [5, 5.41) is 0. The fourth-order valence-corrected chi connectivity index (χ4v) is 3.40. The first-order valence-electron chi connectivity index (χ1n) is 9.49. The van der Waals surface area contributed by atoms with Crippen LogP contribution in [0.2, 0.25) is 0 Å². The lowest BCUT2D eigenvalue weighted by molar-refractivity contribution is -0.0306. The van der Waals surface area contributed by atoms with Crippen molar-refractivity contribution in [2.45, 2.75) is 38.7 Å². The molecule has 1 aliphatic rings. The van der Waals surface area contributed by atoms with E-state index in [1.165, 1.54) is 19.2 Å². The summed E-state index contributed by atoms with van der Waals surface area (Å²) in [6.45, 7) is 3.51. The van der Waals surface area contributed by atoms with Crippen molar-refractivity contribution in [1.82, 2.24) is 0 Å². The summed E-state index contributed by atoms with van der Waals surface area (Å²) in [6, 6.07) is 9.95. The second-order valence-electron chi connectivity index (χ2n) is 6.97. The van der Waals surface area contributed by atoms with E-state index in [0.717, 1.165) is 32.3 Å². The molecule has 5 heteroatoms. The van der Waals surface area contributed by atoms with Gasteiger partial charge in [-0.25, -0.2) is 4.39 Å². The Labute approximate surface area is 159 Å². The summed E-state index contributed by atoms with van der Waals surface area (Å²) >= 11 is 0. The Balaban J connectivity index is 1.58. The molecule has 3 rings (SSSR count). The van der Waals surface area contributed by atoms with Gasteiger partial charge in [-0.2, -0.15) is 4.39 Å². The number of halogens is 2. The third-order valence-corrected chi connectivity index (χ3v) is 4.99. The molecule has 1 saturated heterocycles. The van der Waals surface area contributed by atoms with Crippen LogP contribution in [0.15, 0.2) is 36.4 Å². The molecule has 2 atom stereocenters. The van der Waals surface area contributed by atoms with Crippen molar-refractivity contribution in [3.05, 3.63) is 48.0 Å². The zero-order valence-corrected chi connectivity index (χ0v) is 15.8. The van der Waals surface area contributed by atoms with Gasteiger partial charge >= 0.3 is 0 Å². The van der Waals surface area contributed by atoms with Gasteiger partial charge in [-0.15, -0.1) is 0 Å². The van der Waals surface area contributed by atoms with E-state index < -0.39 is 11.6 Å². The predicted molar refractivity (Wildman–Crippen MR) is 101 cm³/mol. The van der Waals surface area contributed by atoms with Gasteiger partial charge in [0, 0.05) is 11.5 Å². The predicted octanol–water partition coefficient (Wildman–Crippen LogP) is 5.61. The highest BCUT2D eigenvalue weighted by atomic mass is 19.2. The molecule has 0 bridgehead atoms. The third-order valence-electron chi connectivity index (χ3n) is 4.99. The second-order valence-corrected chi connectivity index (χ2v) is 6.97. The molecule has 2 unspecified atom stereocenters. The standard InChI is InChI=1S/C22H26F2O3/c1-3-4-17-8-5-15(13-26-17)14-27-18-9-6-16(7-10-18)19-11-12-20(25-2)22(24)21(19)23/h6-7,9-12,15,17H,3-5,8,13-14H2,1-2H3. The Bertz CT molecular complexity index is 738. The number of hydrogen-bond acceptors (Lipinski definition) is 3. The molecular formula is C22H26F2O3. The Morgan fingerprint density at radius 3 is 2.44 bits per heavy atom. The number of hydrogen-bond donors (Lipinski definition) is 0. The number of methoxy groups -OCH3 is 1. The zero-order valence-electron chi connectivity index (χ0n) is 15.8. The largest absolute Gasteiger partial charge is 0.494 e. The summed E-state index contributed by atoms with van der Waals surface area (Å²) in [5.74, 6) is -0.889. The zero-order chi connectivity index (χ0) is 19.2. The van der Waals surface area contributed by atoms with Gasteiger partial charge in [0.25, 0.3) is 0 Å². The average Bonchev–Trinajstić information content (AvgIpc) is 2.70. The van der Waals surface area contributed by atoms with Gasteiger partial charge in [0.15, 0.2) is 11.6 Å². The quantitative estimate of drug-likeness (QED) is 0.628. The summed E-state index contributed by atoms with van der Waals surface area (Å²) in [4.78, 5) is 0. The maximum Gasteiger partial charge on any atom is 0.201 e. The van der Waals surface area contributed by atoms with E-state index in [1.54, 1.807) is 24.3 Å². The molecule has 1 aliphatic heterocycles. The molecule has 27 heavy (non-hydrogen) atoms. The molecule has 0 saturated carbocycles. The second kappa shape index (κ2) is 9.18. The van der Waals surface area contributed by atoms with Gasteiger partial charge < -0.3 is 14.2 Å². The van der Waals surface area contributed by atoms with Crippen LogP contribution in [0.5, 0.6) is 11.5 Å². The molecule has 0 aliphatic carbocycles. The van der Waals surface area contributed by atoms with E-state index in [1.807, 2.05) is 0 Å². The Morgan fingerprint density at radius 1 is 1.04 bits per heavy atom. The van der Waals surface area contributed by atoms with E-state index >= 15 is 0 Å². The molecule has 2 aromatic carbocycles. The summed E-state index contributed by atoms with van der Waals surface area (Å²) in [7, 11) is 1.31. The van der Waals surface area contributed by atoms with Crippen molar-refractivity contribution < 1.29 is 23.0 Å². The lowest BCUT2D eigenvalue weighted by Crippen LogP contribution is -2.29. The topological polar surface area (TPSA) is 27.7 Å². The van der Waals surface area contributed by atoms with Crippen LogP contribution in [0.1, 0.15) is 32.6 Å². The van der Waals surface area contributed by atoms with Gasteiger partial charge in [0.2, 0.25) is 5.82 Å². The molecule has 146 valence electrons. The van der Waals surface area contributed by atoms with Crippen LogP contribution in [-0.2, 0) is 4.74 Å². The monoisotopic (exact) mass is 376 g/mol. The first-order valence-corrected chi connectivity index (χ1v) is 9.49. The molecular weight excluding hydrogens is 350 g/mol. The van der Waals surface area contributed by atoms with Gasteiger partial charge in [-0.05, 0) is 49.1 Å². The van der Waals surface area contributed by atoms with Gasteiger partial charge in [0.1, 0.15) is 5.75 Å². The van der Waals surface area contributed by atoms with Crippen LogP contribution in [0, 0.1) is 17.6 Å². The summed E-state index contributed by atoms with van der Waals surface area (Å²) < 4.78 is 44.6. The fourth-order valence-electron chi connectivity index (χ4n) is 3.40. The minimum atomic E-state index is -0.978. The molecule has 1 fully saturated rings. The van der Waals surface area contributed by atoms with Crippen molar-refractivity contribution in [3.63, 3.8) is 0 Å². The lowest BCUT2D eigenvalue weighted by Gasteiger charge is -2.28. The van der Waals surface area contributed by atoms with E-state index in [0.29, 0.717) is 29.9 Å². The van der Waals surface area contributed by atoms with E-state index in [4.69, 9.17) is 14.2 Å². The van der Waals surface area contributed by atoms with E-state index in [9.17, 15) is 8.78 Å². The van der Waals surface area contributed by atoms with Gasteiger partial charge in [0.05, 0.1) is 26.4 Å². The summed E-state index contributed by atoms with van der Waals surface area (Å²) in [6.07, 6.45) is 4.86. The van der Waals surface area contributed by atoms with Crippen LogP contribution in [0.25, 0.3) is 11.1 Å². The minimum absolute atomic E-state index is 0.105. The molecule has 0 amide bonds. The number of rotatable bonds is 7. The van der Waals surface area contributed by atoms with Crippen molar-refractivity contribution in [3.8, 4) is 22.6 Å². The van der Waals surface area contributed by atoms with Crippen LogP contribution in [0.4, 0.5) is 8.78 Å². The van der Waals surface area contributed by atoms with E-state index in [-0.39, 0.29) is 11.3 Å². The third kappa shape index (κ3) is 4.78. The SMILES string of the molecule is CCCC1CCC(COc2ccc(-c3ccc(OC)c(F)c3F)cc2)CO1. The van der Waals surface area contributed by atoms with Crippen molar-refractivity contribution in [2.75, 3.05) is 20.3 Å². The molecule has 3 nitrogen and oxygen atoms in total. The number of benzene rings is 2. The van der Waals surface area contributed by atoms with Crippen LogP contribution < -0.4 is 9.47 Å². The molecule has 1 heterocycles. The summed E-state index contributed by atoms with van der Waals surface area (Å²) in [5.41, 5.74) is 0.785. The number of ether oxygens (including phenoxy) is 3. The van der Waals surface area contributed by atoms with Gasteiger partial charge in [-0.3, -0.25) is 0 Å². The average molecular weight is 376 g/mol. The van der Waals surface area contributed by atoms with Crippen molar-refractivity contribution in [2.24, 2.45) is 5.92 Å². The normalized spacial score (nSPS) is 19.7. The minimum Gasteiger partial charge on any atom is -0.494 e. The molecule has 2 aromatic rings. The lowest BCUT2D eigenvalue weighted by atomic mass is 9.97. The molecule has 0 radical (unpaired) electrons. The maximum absolute atomic E-state index is 14.2. The fraction of sp³-hybridized carbons (Fsp3) is 0.455. The Hall–Kier alpha value is -2.14. The highest BCUT2D eigenvalue weighted by Crippen LogP contribution is 2.31. The highest BCUT2D eigenvalue weighted by Gasteiger charge is 2.21. The Kier molecular flexibility index (Phi) is 6.67. The highest BCUT2D eigenvalue weighted by molar-refractivity contribution is 5.66. The van der Waals surface area contributed by atoms with Crippen LogP contribution >= 0.6 is 0 Å². The van der Waals surface area contributed by atoms with Crippen molar-refractivity contribution in [1.29, 1.82) is 0 Å². The molecule has 0 spiro atoms. The Morgan fingerprint density at radius 2 is 1.81 bits per heavy atom. The smallest absolute Gasteiger partial charge is 0.201 e. The first kappa shape index (κ1) is 19.6. The molecule has 0 N–H and O–H groups in total. The van der Waals surface area contributed by atoms with Crippen LogP contribution in [0.3, 0.4) is 0 Å². The first-order chi connectivity index (χ1) is 13.1. The van der Waals surface area contributed by atoms with E-state index in [2.05, 4.69) is 6.92 Å².